The Morgan fingerprint density at radius 3 is 2.80 bits per heavy atom. The largest absolute Gasteiger partial charge is 0.494 e. The lowest BCUT2D eigenvalue weighted by atomic mass is 10.2. The number of hydrogen-bond donors (Lipinski definition) is 0. The second-order valence-corrected chi connectivity index (χ2v) is 4.70. The van der Waals surface area contributed by atoms with Crippen LogP contribution in [0.3, 0.4) is 0 Å². The smallest absolute Gasteiger partial charge is 0.161 e. The first-order chi connectivity index (χ1) is 9.72. The van der Waals surface area contributed by atoms with E-state index in [1.165, 1.54) is 0 Å². The number of benzene rings is 1. The van der Waals surface area contributed by atoms with Crippen LogP contribution in [0.2, 0.25) is 5.15 Å². The summed E-state index contributed by atoms with van der Waals surface area (Å²) in [6, 6.07) is 9.38. The van der Waals surface area contributed by atoms with Gasteiger partial charge in [0.1, 0.15) is 10.9 Å². The van der Waals surface area contributed by atoms with Crippen LogP contribution in [0, 0.1) is 0 Å². The standard InChI is InChI=1S/C15H17ClN2O2/c1-3-7-20-13-6-4-5-11(8-13)15-17-12(10-19-2)9-14(16)18-15/h4-6,8-9H,3,7,10H2,1-2H3. The molecule has 0 saturated heterocycles. The van der Waals surface area contributed by atoms with E-state index in [1.807, 2.05) is 24.3 Å². The van der Waals surface area contributed by atoms with E-state index >= 15 is 0 Å². The predicted molar refractivity (Wildman–Crippen MR) is 79.0 cm³/mol. The van der Waals surface area contributed by atoms with E-state index in [4.69, 9.17) is 21.1 Å². The van der Waals surface area contributed by atoms with Crippen molar-refractivity contribution >= 4 is 11.6 Å². The third-order valence-electron chi connectivity index (χ3n) is 2.61. The molecular formula is C15H17ClN2O2. The first-order valence-corrected chi connectivity index (χ1v) is 6.86. The van der Waals surface area contributed by atoms with Crippen molar-refractivity contribution in [1.82, 2.24) is 9.97 Å². The van der Waals surface area contributed by atoms with Gasteiger partial charge in [-0.1, -0.05) is 30.7 Å². The fraction of sp³-hybridized carbons (Fsp3) is 0.333. The number of halogens is 1. The lowest BCUT2D eigenvalue weighted by Gasteiger charge is -2.08. The van der Waals surface area contributed by atoms with Crippen molar-refractivity contribution in [2.75, 3.05) is 13.7 Å². The molecule has 0 unspecified atom stereocenters. The van der Waals surface area contributed by atoms with Crippen LogP contribution in [0.4, 0.5) is 0 Å². The molecule has 2 aromatic rings. The predicted octanol–water partition coefficient (Wildman–Crippen LogP) is 3.73. The molecule has 0 radical (unpaired) electrons. The van der Waals surface area contributed by atoms with Crippen molar-refractivity contribution in [3.05, 3.63) is 41.2 Å². The van der Waals surface area contributed by atoms with Gasteiger partial charge in [-0.3, -0.25) is 0 Å². The summed E-state index contributed by atoms with van der Waals surface area (Å²) in [4.78, 5) is 8.69. The summed E-state index contributed by atoms with van der Waals surface area (Å²) >= 11 is 6.02. The second kappa shape index (κ2) is 7.22. The molecule has 1 aromatic heterocycles. The van der Waals surface area contributed by atoms with Crippen LogP contribution >= 0.6 is 11.6 Å². The maximum absolute atomic E-state index is 6.02. The normalized spacial score (nSPS) is 10.6. The zero-order valence-corrected chi connectivity index (χ0v) is 12.4. The molecule has 0 N–H and O–H groups in total. The van der Waals surface area contributed by atoms with Gasteiger partial charge in [0, 0.05) is 12.7 Å². The summed E-state index contributed by atoms with van der Waals surface area (Å²) in [7, 11) is 1.62. The summed E-state index contributed by atoms with van der Waals surface area (Å²) in [5, 5.41) is 0.405. The monoisotopic (exact) mass is 292 g/mol. The molecule has 0 atom stereocenters. The lowest BCUT2D eigenvalue weighted by molar-refractivity contribution is 0.181. The van der Waals surface area contributed by atoms with Crippen molar-refractivity contribution in [1.29, 1.82) is 0 Å². The Bertz CT molecular complexity index is 576. The maximum atomic E-state index is 6.02. The van der Waals surface area contributed by atoms with E-state index in [-0.39, 0.29) is 0 Å². The average Bonchev–Trinajstić information content (AvgIpc) is 2.45. The number of hydrogen-bond acceptors (Lipinski definition) is 4. The highest BCUT2D eigenvalue weighted by molar-refractivity contribution is 6.29. The summed E-state index contributed by atoms with van der Waals surface area (Å²) in [6.07, 6.45) is 0.968. The number of rotatable bonds is 6. The Morgan fingerprint density at radius 2 is 2.05 bits per heavy atom. The number of nitrogens with zero attached hydrogens (tertiary/aromatic N) is 2. The minimum absolute atomic E-state index is 0.404. The van der Waals surface area contributed by atoms with Gasteiger partial charge in [-0.25, -0.2) is 9.97 Å². The van der Waals surface area contributed by atoms with Gasteiger partial charge in [-0.2, -0.15) is 0 Å². The van der Waals surface area contributed by atoms with E-state index in [0.29, 0.717) is 24.2 Å². The second-order valence-electron chi connectivity index (χ2n) is 4.31. The molecule has 0 amide bonds. The molecule has 20 heavy (non-hydrogen) atoms. The molecule has 0 aliphatic heterocycles. The van der Waals surface area contributed by atoms with Gasteiger partial charge in [0.25, 0.3) is 0 Å². The molecule has 0 aliphatic rings. The summed E-state index contributed by atoms with van der Waals surface area (Å²) in [5.74, 6) is 1.38. The highest BCUT2D eigenvalue weighted by atomic mass is 35.5. The fourth-order valence-corrected chi connectivity index (χ4v) is 1.97. The van der Waals surface area contributed by atoms with Crippen molar-refractivity contribution in [2.24, 2.45) is 0 Å². The third kappa shape index (κ3) is 3.92. The molecule has 0 spiro atoms. The van der Waals surface area contributed by atoms with Crippen molar-refractivity contribution in [2.45, 2.75) is 20.0 Å². The zero-order chi connectivity index (χ0) is 14.4. The van der Waals surface area contributed by atoms with Crippen molar-refractivity contribution in [3.8, 4) is 17.1 Å². The minimum Gasteiger partial charge on any atom is -0.494 e. The molecule has 4 nitrogen and oxygen atoms in total. The van der Waals surface area contributed by atoms with Crippen molar-refractivity contribution in [3.63, 3.8) is 0 Å². The van der Waals surface area contributed by atoms with Crippen LogP contribution in [0.5, 0.6) is 5.75 Å². The van der Waals surface area contributed by atoms with Crippen LogP contribution in [-0.2, 0) is 11.3 Å². The molecule has 1 aromatic carbocycles. The molecule has 0 fully saturated rings. The summed E-state index contributed by atoms with van der Waals surface area (Å²) in [6.45, 7) is 3.16. The highest BCUT2D eigenvalue weighted by Crippen LogP contribution is 2.23. The van der Waals surface area contributed by atoms with E-state index < -0.39 is 0 Å². The van der Waals surface area contributed by atoms with Gasteiger partial charge in [0.2, 0.25) is 0 Å². The summed E-state index contributed by atoms with van der Waals surface area (Å²) in [5.41, 5.74) is 1.63. The topological polar surface area (TPSA) is 44.2 Å². The van der Waals surface area contributed by atoms with Crippen molar-refractivity contribution < 1.29 is 9.47 Å². The van der Waals surface area contributed by atoms with Crippen LogP contribution < -0.4 is 4.74 Å². The Labute approximate surface area is 123 Å². The first-order valence-electron chi connectivity index (χ1n) is 6.48. The van der Waals surface area contributed by atoms with E-state index in [2.05, 4.69) is 16.9 Å². The van der Waals surface area contributed by atoms with Crippen LogP contribution in [0.25, 0.3) is 11.4 Å². The average molecular weight is 293 g/mol. The molecule has 0 saturated carbocycles. The van der Waals surface area contributed by atoms with Crippen LogP contribution in [0.1, 0.15) is 19.0 Å². The summed E-state index contributed by atoms with van der Waals surface area (Å²) < 4.78 is 10.7. The Morgan fingerprint density at radius 1 is 1.20 bits per heavy atom. The first kappa shape index (κ1) is 14.8. The molecule has 106 valence electrons. The van der Waals surface area contributed by atoms with E-state index in [9.17, 15) is 0 Å². The van der Waals surface area contributed by atoms with Gasteiger partial charge >= 0.3 is 0 Å². The molecule has 0 bridgehead atoms. The van der Waals surface area contributed by atoms with Gasteiger partial charge in [0.15, 0.2) is 5.82 Å². The van der Waals surface area contributed by atoms with Gasteiger partial charge < -0.3 is 9.47 Å². The number of ether oxygens (including phenoxy) is 2. The number of methoxy groups -OCH3 is 1. The Kier molecular flexibility index (Phi) is 5.32. The lowest BCUT2D eigenvalue weighted by Crippen LogP contribution is -1.99. The third-order valence-corrected chi connectivity index (χ3v) is 2.80. The van der Waals surface area contributed by atoms with Gasteiger partial charge in [-0.05, 0) is 24.6 Å². The zero-order valence-electron chi connectivity index (χ0n) is 11.6. The van der Waals surface area contributed by atoms with Crippen LogP contribution in [0.15, 0.2) is 30.3 Å². The van der Waals surface area contributed by atoms with Gasteiger partial charge in [0.05, 0.1) is 18.9 Å². The molecule has 1 heterocycles. The molecule has 0 aliphatic carbocycles. The molecular weight excluding hydrogens is 276 g/mol. The van der Waals surface area contributed by atoms with Crippen LogP contribution in [-0.4, -0.2) is 23.7 Å². The quantitative estimate of drug-likeness (QED) is 0.761. The maximum Gasteiger partial charge on any atom is 0.161 e. The Balaban J connectivity index is 2.30. The fourth-order valence-electron chi connectivity index (χ4n) is 1.76. The van der Waals surface area contributed by atoms with E-state index in [1.54, 1.807) is 13.2 Å². The minimum atomic E-state index is 0.404. The molecule has 2 rings (SSSR count). The SMILES string of the molecule is CCCOc1cccc(-c2nc(Cl)cc(COC)n2)c1. The highest BCUT2D eigenvalue weighted by Gasteiger charge is 2.07. The van der Waals surface area contributed by atoms with E-state index in [0.717, 1.165) is 23.4 Å². The Hall–Kier alpha value is -1.65. The molecule has 5 heteroatoms. The van der Waals surface area contributed by atoms with Gasteiger partial charge in [-0.15, -0.1) is 0 Å². The number of aromatic nitrogens is 2.